The van der Waals surface area contributed by atoms with Crippen molar-refractivity contribution in [3.8, 4) is 0 Å². The summed E-state index contributed by atoms with van der Waals surface area (Å²) >= 11 is 0. The van der Waals surface area contributed by atoms with Gasteiger partial charge < -0.3 is 10.4 Å². The van der Waals surface area contributed by atoms with Gasteiger partial charge >= 0.3 is 5.97 Å². The van der Waals surface area contributed by atoms with Gasteiger partial charge in [-0.1, -0.05) is 42.5 Å². The molecule has 5 atom stereocenters. The number of aliphatic carboxylic acids is 1. The van der Waals surface area contributed by atoms with E-state index in [4.69, 9.17) is 0 Å². The second kappa shape index (κ2) is 9.48. The Balaban J connectivity index is 1.09. The smallest absolute Gasteiger partial charge is 0.307 e. The van der Waals surface area contributed by atoms with Crippen LogP contribution in [-0.4, -0.2) is 53.7 Å². The number of piperidine rings is 1. The SMILES string of the molecule is O=C1NNCC2NC(c3ccccc3)NC(Nc3ccc(CN4CCC5(CC4)CC5C(=O)O)cc3)C12. The van der Waals surface area contributed by atoms with Crippen LogP contribution >= 0.6 is 0 Å². The van der Waals surface area contributed by atoms with E-state index in [1.54, 1.807) is 0 Å². The lowest BCUT2D eigenvalue weighted by molar-refractivity contribution is -0.139. The summed E-state index contributed by atoms with van der Waals surface area (Å²) in [7, 11) is 0. The Morgan fingerprint density at radius 1 is 1.06 bits per heavy atom. The van der Waals surface area contributed by atoms with Crippen molar-refractivity contribution in [1.82, 2.24) is 26.4 Å². The van der Waals surface area contributed by atoms with E-state index < -0.39 is 5.97 Å². The van der Waals surface area contributed by atoms with Gasteiger partial charge in [0.05, 0.1) is 24.2 Å². The van der Waals surface area contributed by atoms with Crippen molar-refractivity contribution >= 4 is 17.6 Å². The summed E-state index contributed by atoms with van der Waals surface area (Å²) in [6, 6.07) is 18.7. The molecular formula is C27H34N6O3. The van der Waals surface area contributed by atoms with E-state index in [0.29, 0.717) is 6.54 Å². The molecule has 9 heteroatoms. The fraction of sp³-hybridized carbons (Fsp3) is 0.481. The van der Waals surface area contributed by atoms with Crippen molar-refractivity contribution in [3.63, 3.8) is 0 Å². The first-order chi connectivity index (χ1) is 17.5. The molecule has 1 spiro atoms. The van der Waals surface area contributed by atoms with Crippen LogP contribution in [0.4, 0.5) is 5.69 Å². The van der Waals surface area contributed by atoms with E-state index in [0.717, 1.165) is 50.1 Å². The molecule has 2 aromatic carbocycles. The molecule has 4 fully saturated rings. The van der Waals surface area contributed by atoms with Crippen molar-refractivity contribution < 1.29 is 14.7 Å². The number of carboxylic acid groups (broad SMARTS) is 1. The highest BCUT2D eigenvalue weighted by Crippen LogP contribution is 2.59. The van der Waals surface area contributed by atoms with Crippen LogP contribution in [0.25, 0.3) is 0 Å². The summed E-state index contributed by atoms with van der Waals surface area (Å²) in [6.07, 6.45) is 2.52. The van der Waals surface area contributed by atoms with Crippen molar-refractivity contribution in [2.75, 3.05) is 25.0 Å². The number of benzene rings is 2. The molecule has 4 aliphatic rings. The second-order valence-corrected chi connectivity index (χ2v) is 10.7. The quantitative estimate of drug-likeness (QED) is 0.362. The highest BCUT2D eigenvalue weighted by Gasteiger charge is 2.58. The third-order valence-electron chi connectivity index (χ3n) is 8.51. The van der Waals surface area contributed by atoms with E-state index in [-0.39, 0.29) is 41.5 Å². The van der Waals surface area contributed by atoms with Crippen molar-refractivity contribution in [2.45, 2.75) is 44.2 Å². The number of likely N-dealkylation sites (tertiary alicyclic amines) is 1. The zero-order valence-electron chi connectivity index (χ0n) is 20.2. The first-order valence-electron chi connectivity index (χ1n) is 12.9. The van der Waals surface area contributed by atoms with Crippen molar-refractivity contribution in [1.29, 1.82) is 0 Å². The fourth-order valence-electron chi connectivity index (χ4n) is 6.25. The maximum absolute atomic E-state index is 12.7. The Morgan fingerprint density at radius 3 is 2.50 bits per heavy atom. The predicted octanol–water partition coefficient (Wildman–Crippen LogP) is 1.62. The Morgan fingerprint density at radius 2 is 1.81 bits per heavy atom. The number of rotatable bonds is 6. The third-order valence-corrected chi connectivity index (χ3v) is 8.51. The van der Waals surface area contributed by atoms with Crippen molar-refractivity contribution in [3.05, 3.63) is 65.7 Å². The van der Waals surface area contributed by atoms with Crippen LogP contribution in [0.15, 0.2) is 54.6 Å². The van der Waals surface area contributed by atoms with E-state index >= 15 is 0 Å². The van der Waals surface area contributed by atoms with Gasteiger partial charge in [0.15, 0.2) is 0 Å². The minimum atomic E-state index is -0.627. The number of carbonyl (C=O) groups excluding carboxylic acids is 1. The molecule has 9 nitrogen and oxygen atoms in total. The van der Waals surface area contributed by atoms with Gasteiger partial charge in [-0.3, -0.25) is 30.5 Å². The van der Waals surface area contributed by atoms with Gasteiger partial charge in [-0.15, -0.1) is 0 Å². The molecule has 5 unspecified atom stereocenters. The minimum absolute atomic E-state index is 0.00318. The van der Waals surface area contributed by atoms with Crippen LogP contribution in [0.2, 0.25) is 0 Å². The van der Waals surface area contributed by atoms with E-state index in [1.807, 2.05) is 18.2 Å². The molecule has 6 N–H and O–H groups in total. The van der Waals surface area contributed by atoms with Crippen LogP contribution in [0, 0.1) is 17.3 Å². The Kier molecular flexibility index (Phi) is 6.17. The molecule has 1 aliphatic carbocycles. The van der Waals surface area contributed by atoms with Gasteiger partial charge in [0.2, 0.25) is 5.91 Å². The average Bonchev–Trinajstić information content (AvgIpc) is 3.61. The first-order valence-corrected chi connectivity index (χ1v) is 12.9. The number of hydrogen-bond donors (Lipinski definition) is 6. The van der Waals surface area contributed by atoms with E-state index in [2.05, 4.69) is 68.1 Å². The van der Waals surface area contributed by atoms with Gasteiger partial charge in [0, 0.05) is 24.8 Å². The van der Waals surface area contributed by atoms with E-state index in [9.17, 15) is 14.7 Å². The molecule has 0 bridgehead atoms. The first kappa shape index (κ1) is 23.4. The van der Waals surface area contributed by atoms with Gasteiger partial charge in [0.1, 0.15) is 0 Å². The number of carboxylic acids is 1. The number of hydrogen-bond acceptors (Lipinski definition) is 7. The zero-order chi connectivity index (χ0) is 24.7. The number of hydrazine groups is 1. The molecule has 2 aromatic rings. The number of anilines is 1. The fourth-order valence-corrected chi connectivity index (χ4v) is 6.25. The lowest BCUT2D eigenvalue weighted by atomic mass is 9.89. The molecule has 6 rings (SSSR count). The summed E-state index contributed by atoms with van der Waals surface area (Å²) in [4.78, 5) is 26.5. The molecule has 3 aliphatic heterocycles. The highest BCUT2D eigenvalue weighted by molar-refractivity contribution is 5.81. The molecular weight excluding hydrogens is 456 g/mol. The largest absolute Gasteiger partial charge is 0.481 e. The van der Waals surface area contributed by atoms with Gasteiger partial charge in [-0.2, -0.15) is 0 Å². The van der Waals surface area contributed by atoms with E-state index in [1.165, 1.54) is 5.56 Å². The van der Waals surface area contributed by atoms with Gasteiger partial charge in [-0.25, -0.2) is 5.43 Å². The molecule has 0 aromatic heterocycles. The zero-order valence-corrected chi connectivity index (χ0v) is 20.2. The summed E-state index contributed by atoms with van der Waals surface area (Å²) in [6.45, 7) is 3.43. The second-order valence-electron chi connectivity index (χ2n) is 10.7. The Labute approximate surface area is 211 Å². The number of amides is 1. The molecule has 36 heavy (non-hydrogen) atoms. The number of nitrogens with one attached hydrogen (secondary N) is 5. The average molecular weight is 491 g/mol. The molecule has 0 radical (unpaired) electrons. The number of carbonyl (C=O) groups is 2. The highest BCUT2D eigenvalue weighted by atomic mass is 16.4. The van der Waals surface area contributed by atoms with Crippen molar-refractivity contribution in [2.24, 2.45) is 17.3 Å². The predicted molar refractivity (Wildman–Crippen MR) is 135 cm³/mol. The van der Waals surface area contributed by atoms with Crippen LogP contribution in [0.1, 0.15) is 36.6 Å². The van der Waals surface area contributed by atoms with Gasteiger partial charge in [0.25, 0.3) is 0 Å². The maximum Gasteiger partial charge on any atom is 0.307 e. The summed E-state index contributed by atoms with van der Waals surface area (Å²) in [5.41, 5.74) is 9.18. The lowest BCUT2D eigenvalue weighted by Crippen LogP contribution is -2.71. The Hall–Kier alpha value is -2.98. The molecule has 190 valence electrons. The Bertz CT molecular complexity index is 1100. The standard InChI is InChI=1S/C27H34N6O3/c34-25-22-21(15-28-32-25)30-23(18-4-2-1-3-5-18)31-24(22)29-19-8-6-17(7-9-19)16-33-12-10-27(11-13-33)14-20(27)26(35)36/h1-9,20-24,28-31H,10-16H2,(H,32,34)(H,35,36). The third kappa shape index (κ3) is 4.59. The van der Waals surface area contributed by atoms with Crippen LogP contribution < -0.4 is 26.8 Å². The van der Waals surface area contributed by atoms with Crippen LogP contribution in [0.5, 0.6) is 0 Å². The summed E-state index contributed by atoms with van der Waals surface area (Å²) in [5.74, 6) is -1.05. The maximum atomic E-state index is 12.7. The topological polar surface area (TPSA) is 118 Å². The number of nitrogens with zero attached hydrogens (tertiary/aromatic N) is 1. The van der Waals surface area contributed by atoms with Gasteiger partial charge in [-0.05, 0) is 61.0 Å². The minimum Gasteiger partial charge on any atom is -0.481 e. The number of fused-ring (bicyclic) bond motifs is 1. The van der Waals surface area contributed by atoms with Crippen LogP contribution in [-0.2, 0) is 16.1 Å². The normalized spacial score (nSPS) is 31.3. The summed E-state index contributed by atoms with van der Waals surface area (Å²) in [5, 5.41) is 20.1. The van der Waals surface area contributed by atoms with Crippen LogP contribution in [0.3, 0.4) is 0 Å². The molecule has 1 amide bonds. The summed E-state index contributed by atoms with van der Waals surface area (Å²) < 4.78 is 0. The molecule has 1 saturated carbocycles. The lowest BCUT2D eigenvalue weighted by Gasteiger charge is -2.46. The molecule has 3 saturated heterocycles. The monoisotopic (exact) mass is 490 g/mol. The molecule has 3 heterocycles.